The molecule has 116 valence electrons. The molecule has 1 aromatic carbocycles. The molecule has 7 nitrogen and oxygen atoms in total. The van der Waals surface area contributed by atoms with E-state index in [1.165, 1.54) is 7.11 Å². The van der Waals surface area contributed by atoms with E-state index >= 15 is 0 Å². The number of ether oxygens (including phenoxy) is 1. The number of aliphatic carboxylic acids is 1. The minimum absolute atomic E-state index is 0.108. The van der Waals surface area contributed by atoms with Gasteiger partial charge in [-0.15, -0.1) is 0 Å². The number of hydrogen-bond acceptors (Lipinski definition) is 5. The molecule has 1 aromatic rings. The summed E-state index contributed by atoms with van der Waals surface area (Å²) in [7, 11) is 1.50. The van der Waals surface area contributed by atoms with Crippen LogP contribution in [0.25, 0.3) is 0 Å². The molecule has 0 bridgehead atoms. The average Bonchev–Trinajstić information content (AvgIpc) is 2.89. The first-order valence-electron chi connectivity index (χ1n) is 6.39. The zero-order valence-electron chi connectivity index (χ0n) is 11.9. The Bertz CT molecular complexity index is 528. The molecule has 1 aliphatic heterocycles. The van der Waals surface area contributed by atoms with Crippen LogP contribution in [0.2, 0.25) is 0 Å². The number of aliphatic hydroxyl groups is 1. The minimum Gasteiger partial charge on any atom is -0.507 e. The monoisotopic (exact) mass is 297 g/mol. The Labute approximate surface area is 122 Å². The Kier molecular flexibility index (Phi) is 5.98. The largest absolute Gasteiger partial charge is 0.507 e. The van der Waals surface area contributed by atoms with Crippen LogP contribution in [0.15, 0.2) is 12.1 Å². The number of aliphatic hydroxyl groups excluding tert-OH is 1. The Morgan fingerprint density at radius 1 is 1.48 bits per heavy atom. The van der Waals surface area contributed by atoms with E-state index in [2.05, 4.69) is 5.32 Å². The second kappa shape index (κ2) is 7.49. The zero-order valence-corrected chi connectivity index (χ0v) is 11.9. The number of benzene rings is 1. The highest BCUT2D eigenvalue weighted by atomic mass is 16.5. The maximum Gasteiger partial charge on any atom is 0.326 e. The lowest BCUT2D eigenvalue weighted by molar-refractivity contribution is -0.140. The van der Waals surface area contributed by atoms with Gasteiger partial charge in [-0.25, -0.2) is 4.79 Å². The molecule has 1 fully saturated rings. The topological polar surface area (TPSA) is 116 Å². The van der Waals surface area contributed by atoms with Gasteiger partial charge >= 0.3 is 5.97 Å². The SMILES string of the molecule is COc1ccc(C)c(O)c1CO.O=C1CC[C@@H](C(=O)O)N1. The smallest absolute Gasteiger partial charge is 0.326 e. The van der Waals surface area contributed by atoms with Crippen LogP contribution < -0.4 is 10.1 Å². The molecule has 0 aromatic heterocycles. The van der Waals surface area contributed by atoms with Gasteiger partial charge in [-0.3, -0.25) is 4.79 Å². The van der Waals surface area contributed by atoms with Gasteiger partial charge < -0.3 is 25.4 Å². The number of methoxy groups -OCH3 is 1. The number of carboxylic acids is 1. The van der Waals surface area contributed by atoms with E-state index < -0.39 is 12.0 Å². The summed E-state index contributed by atoms with van der Waals surface area (Å²) in [5.74, 6) is -0.485. The molecule has 0 aliphatic carbocycles. The van der Waals surface area contributed by atoms with Crippen LogP contribution in [0.5, 0.6) is 11.5 Å². The first-order chi connectivity index (χ1) is 9.90. The summed E-state index contributed by atoms with van der Waals surface area (Å²) in [4.78, 5) is 20.5. The summed E-state index contributed by atoms with van der Waals surface area (Å²) in [6.45, 7) is 1.56. The van der Waals surface area contributed by atoms with Crippen molar-refractivity contribution < 1.29 is 29.6 Å². The van der Waals surface area contributed by atoms with Gasteiger partial charge in [0.05, 0.1) is 19.3 Å². The quantitative estimate of drug-likeness (QED) is 0.647. The Hall–Kier alpha value is -2.28. The Morgan fingerprint density at radius 3 is 2.52 bits per heavy atom. The number of rotatable bonds is 3. The van der Waals surface area contributed by atoms with E-state index in [1.807, 2.05) is 0 Å². The number of hydrogen-bond donors (Lipinski definition) is 4. The average molecular weight is 297 g/mol. The highest BCUT2D eigenvalue weighted by Gasteiger charge is 2.26. The molecule has 1 atom stereocenters. The molecule has 0 spiro atoms. The summed E-state index contributed by atoms with van der Waals surface area (Å²) in [5.41, 5.74) is 1.18. The van der Waals surface area contributed by atoms with E-state index in [4.69, 9.17) is 14.9 Å². The molecule has 1 heterocycles. The molecule has 4 N–H and O–H groups in total. The van der Waals surface area contributed by atoms with Crippen molar-refractivity contribution in [3.8, 4) is 11.5 Å². The van der Waals surface area contributed by atoms with Crippen LogP contribution in [0.3, 0.4) is 0 Å². The molecule has 2 rings (SSSR count). The number of aromatic hydroxyl groups is 1. The first-order valence-corrected chi connectivity index (χ1v) is 6.39. The number of carbonyl (C=O) groups excluding carboxylic acids is 1. The van der Waals surface area contributed by atoms with Gasteiger partial charge in [-0.1, -0.05) is 6.07 Å². The van der Waals surface area contributed by atoms with Crippen LogP contribution >= 0.6 is 0 Å². The van der Waals surface area contributed by atoms with Crippen LogP contribution in [-0.4, -0.2) is 40.3 Å². The summed E-state index contributed by atoms with van der Waals surface area (Å²) in [5, 5.41) is 29.0. The molecule has 0 radical (unpaired) electrons. The van der Waals surface area contributed by atoms with Crippen LogP contribution in [-0.2, 0) is 16.2 Å². The predicted molar refractivity (Wildman–Crippen MR) is 74.1 cm³/mol. The van der Waals surface area contributed by atoms with Gasteiger partial charge in [0, 0.05) is 6.42 Å². The van der Waals surface area contributed by atoms with Gasteiger partial charge in [0.15, 0.2) is 0 Å². The third kappa shape index (κ3) is 4.35. The van der Waals surface area contributed by atoms with Crippen molar-refractivity contribution in [2.75, 3.05) is 7.11 Å². The van der Waals surface area contributed by atoms with Crippen molar-refractivity contribution in [1.82, 2.24) is 5.32 Å². The van der Waals surface area contributed by atoms with Crippen molar-refractivity contribution >= 4 is 11.9 Å². The minimum atomic E-state index is -0.944. The third-order valence-corrected chi connectivity index (χ3v) is 3.11. The molecule has 1 aliphatic rings. The number of carbonyl (C=O) groups is 2. The molecule has 21 heavy (non-hydrogen) atoms. The highest BCUT2D eigenvalue weighted by Crippen LogP contribution is 2.30. The molecule has 7 heteroatoms. The summed E-state index contributed by atoms with van der Waals surface area (Å²) in [6.07, 6.45) is 0.769. The second-order valence-corrected chi connectivity index (χ2v) is 4.57. The lowest BCUT2D eigenvalue weighted by Gasteiger charge is -2.09. The maximum atomic E-state index is 10.4. The summed E-state index contributed by atoms with van der Waals surface area (Å²) < 4.78 is 4.95. The lowest BCUT2D eigenvalue weighted by atomic mass is 10.1. The first kappa shape index (κ1) is 16.8. The van der Waals surface area contributed by atoms with Crippen LogP contribution in [0.4, 0.5) is 0 Å². The zero-order chi connectivity index (χ0) is 16.0. The van der Waals surface area contributed by atoms with E-state index in [9.17, 15) is 14.7 Å². The number of aryl methyl sites for hydroxylation is 1. The molecule has 0 unspecified atom stereocenters. The summed E-state index contributed by atoms with van der Waals surface area (Å²) in [6, 6.07) is 2.82. The number of phenols is 1. The van der Waals surface area contributed by atoms with Crippen LogP contribution in [0, 0.1) is 6.92 Å². The fourth-order valence-corrected chi connectivity index (χ4v) is 1.88. The summed E-state index contributed by atoms with van der Waals surface area (Å²) >= 11 is 0. The van der Waals surface area contributed by atoms with E-state index in [-0.39, 0.29) is 18.3 Å². The van der Waals surface area contributed by atoms with Gasteiger partial charge in [0.25, 0.3) is 0 Å². The molecule has 1 saturated heterocycles. The lowest BCUT2D eigenvalue weighted by Crippen LogP contribution is -2.32. The van der Waals surface area contributed by atoms with Crippen molar-refractivity contribution in [2.24, 2.45) is 0 Å². The van der Waals surface area contributed by atoms with Gasteiger partial charge in [-0.2, -0.15) is 0 Å². The second-order valence-electron chi connectivity index (χ2n) is 4.57. The van der Waals surface area contributed by atoms with E-state index in [0.29, 0.717) is 24.2 Å². The van der Waals surface area contributed by atoms with Crippen molar-refractivity contribution in [2.45, 2.75) is 32.4 Å². The van der Waals surface area contributed by atoms with Gasteiger partial charge in [0.2, 0.25) is 5.91 Å². The maximum absolute atomic E-state index is 10.4. The number of carboxylic acid groups (broad SMARTS) is 1. The highest BCUT2D eigenvalue weighted by molar-refractivity contribution is 5.87. The molecular weight excluding hydrogens is 278 g/mol. The van der Waals surface area contributed by atoms with E-state index in [0.717, 1.165) is 5.56 Å². The van der Waals surface area contributed by atoms with Crippen molar-refractivity contribution in [3.63, 3.8) is 0 Å². The number of amides is 1. The molecule has 1 amide bonds. The standard InChI is InChI=1S/C9H12O3.C5H7NO3/c1-6-3-4-8(12-2)7(5-10)9(6)11;7-4-2-1-3(6-4)5(8)9/h3-4,10-11H,5H2,1-2H3;3H,1-2H2,(H,6,7)(H,8,9)/t;3-/m.0/s1. The number of nitrogens with one attached hydrogen (secondary N) is 1. The van der Waals surface area contributed by atoms with Crippen molar-refractivity contribution in [3.05, 3.63) is 23.3 Å². The van der Waals surface area contributed by atoms with Gasteiger partial charge in [0.1, 0.15) is 17.5 Å². The fraction of sp³-hybridized carbons (Fsp3) is 0.429. The third-order valence-electron chi connectivity index (χ3n) is 3.11. The normalized spacial score (nSPS) is 16.7. The van der Waals surface area contributed by atoms with Gasteiger partial charge in [-0.05, 0) is 25.0 Å². The van der Waals surface area contributed by atoms with Crippen molar-refractivity contribution in [1.29, 1.82) is 0 Å². The fourth-order valence-electron chi connectivity index (χ4n) is 1.88. The molecule has 0 saturated carbocycles. The molecular formula is C14H19NO6. The predicted octanol–water partition coefficient (Wildman–Crippen LogP) is 0.551. The van der Waals surface area contributed by atoms with E-state index in [1.54, 1.807) is 19.1 Å². The Balaban J connectivity index is 0.000000219. The Morgan fingerprint density at radius 2 is 2.14 bits per heavy atom. The van der Waals surface area contributed by atoms with Crippen LogP contribution in [0.1, 0.15) is 24.0 Å².